The van der Waals surface area contributed by atoms with E-state index < -0.39 is 0 Å². The van der Waals surface area contributed by atoms with Crippen LogP contribution in [0.4, 0.5) is 0 Å². The first kappa shape index (κ1) is 17.5. The molecule has 0 saturated heterocycles. The van der Waals surface area contributed by atoms with Crippen LogP contribution in [-0.2, 0) is 0 Å². The summed E-state index contributed by atoms with van der Waals surface area (Å²) in [5, 5.41) is 8.22. The summed E-state index contributed by atoms with van der Waals surface area (Å²) in [6, 6.07) is 7.53. The Hall–Kier alpha value is -1.51. The standard InChI is InChI=1S/C13H10N5.C2H6.U/c1-9-4-6-15-13(16-9)12-7-11(17-18-12)10-3-2-5-14-8-10;1-2;/h2-8H,1H3;1-2H3;/q-1;;. The van der Waals surface area contributed by atoms with Crippen molar-refractivity contribution in [1.29, 1.82) is 0 Å². The van der Waals surface area contributed by atoms with Crippen LogP contribution in [-0.4, -0.2) is 20.1 Å². The molecule has 0 atom stereocenters. The van der Waals surface area contributed by atoms with Gasteiger partial charge in [-0.1, -0.05) is 19.9 Å². The summed E-state index contributed by atoms with van der Waals surface area (Å²) in [6.07, 6.45) is 5.20. The number of rotatable bonds is 2. The largest absolute Gasteiger partial charge is 0.574 e. The van der Waals surface area contributed by atoms with Crippen LogP contribution < -0.4 is 5.10 Å². The predicted molar refractivity (Wildman–Crippen MR) is 77.9 cm³/mol. The first-order chi connectivity index (χ1) is 9.83. The van der Waals surface area contributed by atoms with Gasteiger partial charge in [0.05, 0.1) is 5.69 Å². The number of aromatic nitrogens is 5. The molecule has 6 heteroatoms. The monoisotopic (exact) mass is 504 g/mol. The molecule has 0 N–H and O–H groups in total. The zero-order chi connectivity index (χ0) is 14.4. The van der Waals surface area contributed by atoms with Gasteiger partial charge in [0.15, 0.2) is 5.82 Å². The van der Waals surface area contributed by atoms with Crippen LogP contribution in [0.2, 0.25) is 0 Å². The van der Waals surface area contributed by atoms with Crippen LogP contribution in [0.5, 0.6) is 0 Å². The molecule has 0 aromatic carbocycles. The first-order valence-corrected chi connectivity index (χ1v) is 6.54. The van der Waals surface area contributed by atoms with Crippen LogP contribution >= 0.6 is 0 Å². The minimum Gasteiger partial charge on any atom is -0.574 e. The Kier molecular flexibility index (Phi) is 7.27. The van der Waals surface area contributed by atoms with Gasteiger partial charge in [0.2, 0.25) is 0 Å². The van der Waals surface area contributed by atoms with Gasteiger partial charge >= 0.3 is 0 Å². The van der Waals surface area contributed by atoms with Crippen molar-refractivity contribution in [3.05, 3.63) is 48.5 Å². The van der Waals surface area contributed by atoms with Crippen LogP contribution in [0.3, 0.4) is 0 Å². The summed E-state index contributed by atoms with van der Waals surface area (Å²) < 4.78 is 0. The van der Waals surface area contributed by atoms with E-state index in [1.807, 2.05) is 45.0 Å². The van der Waals surface area contributed by atoms with Crippen molar-refractivity contribution in [2.24, 2.45) is 0 Å². The topological polar surface area (TPSA) is 65.7 Å². The van der Waals surface area contributed by atoms with Crippen LogP contribution in [0.25, 0.3) is 22.8 Å². The SMILES string of the molecule is CC.Cc1ccnc(-c2cc(-c3cccnc3)[n-]n2)n1.[U]. The van der Waals surface area contributed by atoms with Crippen molar-refractivity contribution in [3.63, 3.8) is 0 Å². The predicted octanol–water partition coefficient (Wildman–Crippen LogP) is 2.89. The first-order valence-electron chi connectivity index (χ1n) is 6.54. The molecule has 0 bridgehead atoms. The number of nitrogens with zero attached hydrogens (tertiary/aromatic N) is 5. The molecule has 0 saturated carbocycles. The molecule has 106 valence electrons. The molecule has 21 heavy (non-hydrogen) atoms. The fourth-order valence-electron chi connectivity index (χ4n) is 1.63. The average molecular weight is 504 g/mol. The van der Waals surface area contributed by atoms with Crippen LogP contribution in [0.15, 0.2) is 42.9 Å². The second kappa shape index (κ2) is 8.71. The molecular formula is C15H16N5U-. The molecule has 3 aromatic rings. The molecule has 0 fully saturated rings. The van der Waals surface area contributed by atoms with Gasteiger partial charge in [-0.25, -0.2) is 9.97 Å². The van der Waals surface area contributed by atoms with Crippen molar-refractivity contribution in [3.8, 4) is 22.8 Å². The molecule has 0 unspecified atom stereocenters. The fraction of sp³-hybridized carbons (Fsp3) is 0.200. The second-order valence-electron chi connectivity index (χ2n) is 3.88. The minimum atomic E-state index is 0. The van der Waals surface area contributed by atoms with Crippen molar-refractivity contribution < 1.29 is 31.1 Å². The third-order valence-electron chi connectivity index (χ3n) is 2.52. The van der Waals surface area contributed by atoms with E-state index in [1.165, 1.54) is 0 Å². The molecule has 0 radical (unpaired) electrons. The van der Waals surface area contributed by atoms with Gasteiger partial charge < -0.3 is 10.2 Å². The molecule has 0 amide bonds. The number of pyridine rings is 1. The van der Waals surface area contributed by atoms with E-state index in [0.717, 1.165) is 17.0 Å². The molecule has 0 aliphatic carbocycles. The van der Waals surface area contributed by atoms with Crippen molar-refractivity contribution in [1.82, 2.24) is 25.1 Å². The summed E-state index contributed by atoms with van der Waals surface area (Å²) in [4.78, 5) is 12.6. The van der Waals surface area contributed by atoms with E-state index >= 15 is 0 Å². The number of aryl methyl sites for hydroxylation is 1. The summed E-state index contributed by atoms with van der Waals surface area (Å²) >= 11 is 0. The summed E-state index contributed by atoms with van der Waals surface area (Å²) in [5.41, 5.74) is 3.30. The summed E-state index contributed by atoms with van der Waals surface area (Å²) in [6.45, 7) is 5.92. The Bertz CT molecular complexity index is 667. The maximum Gasteiger partial charge on any atom is 0.176 e. The van der Waals surface area contributed by atoms with Gasteiger partial charge in [0, 0.05) is 55.4 Å². The zero-order valence-corrected chi connectivity index (χ0v) is 16.4. The Morgan fingerprint density at radius 3 is 2.57 bits per heavy atom. The second-order valence-corrected chi connectivity index (χ2v) is 3.88. The van der Waals surface area contributed by atoms with E-state index in [0.29, 0.717) is 11.5 Å². The summed E-state index contributed by atoms with van der Waals surface area (Å²) in [7, 11) is 0. The van der Waals surface area contributed by atoms with E-state index in [4.69, 9.17) is 0 Å². The third-order valence-corrected chi connectivity index (χ3v) is 2.52. The zero-order valence-electron chi connectivity index (χ0n) is 12.3. The molecule has 0 aliphatic heterocycles. The van der Waals surface area contributed by atoms with Gasteiger partial charge in [-0.15, -0.1) is 5.69 Å². The number of hydrogen-bond acceptors (Lipinski definition) is 4. The normalized spacial score (nSPS) is 9.29. The minimum absolute atomic E-state index is 0. The average Bonchev–Trinajstić information content (AvgIpc) is 3.00. The van der Waals surface area contributed by atoms with Crippen molar-refractivity contribution >= 4 is 0 Å². The van der Waals surface area contributed by atoms with Gasteiger partial charge in [-0.2, -0.15) is 0 Å². The van der Waals surface area contributed by atoms with Crippen LogP contribution in [0, 0.1) is 38.0 Å². The van der Waals surface area contributed by atoms with Gasteiger partial charge in [-0.05, 0) is 30.7 Å². The van der Waals surface area contributed by atoms with E-state index in [9.17, 15) is 0 Å². The van der Waals surface area contributed by atoms with Gasteiger partial charge in [0.1, 0.15) is 0 Å². The molecule has 3 heterocycles. The summed E-state index contributed by atoms with van der Waals surface area (Å²) in [5.74, 6) is 0.595. The molecule has 3 rings (SSSR count). The Labute approximate surface area is 148 Å². The maximum absolute atomic E-state index is 4.32. The Balaban J connectivity index is 0.000000706. The molecule has 0 aliphatic rings. The molecule has 5 nitrogen and oxygen atoms in total. The third kappa shape index (κ3) is 4.48. The maximum atomic E-state index is 4.32. The molecule has 0 spiro atoms. The quantitative estimate of drug-likeness (QED) is 0.537. The van der Waals surface area contributed by atoms with Gasteiger partial charge in [-0.3, -0.25) is 4.98 Å². The smallest absolute Gasteiger partial charge is 0.176 e. The van der Waals surface area contributed by atoms with E-state index in [2.05, 4.69) is 25.1 Å². The van der Waals surface area contributed by atoms with E-state index in [-0.39, 0.29) is 31.1 Å². The van der Waals surface area contributed by atoms with Crippen LogP contribution in [0.1, 0.15) is 19.5 Å². The van der Waals surface area contributed by atoms with Crippen molar-refractivity contribution in [2.75, 3.05) is 0 Å². The molecule has 3 aromatic heterocycles. The Morgan fingerprint density at radius 2 is 1.90 bits per heavy atom. The Morgan fingerprint density at radius 1 is 1.10 bits per heavy atom. The number of hydrogen-bond donors (Lipinski definition) is 0. The van der Waals surface area contributed by atoms with E-state index in [1.54, 1.807) is 18.6 Å². The fourth-order valence-corrected chi connectivity index (χ4v) is 1.63. The van der Waals surface area contributed by atoms with Gasteiger partial charge in [0.25, 0.3) is 0 Å². The van der Waals surface area contributed by atoms with Crippen molar-refractivity contribution in [2.45, 2.75) is 20.8 Å². The molecular weight excluding hydrogens is 488 g/mol.